The Hall–Kier alpha value is -1.70. The van der Waals surface area contributed by atoms with E-state index in [1.165, 1.54) is 0 Å². The number of anilines is 3. The number of rotatable bonds is 3. The third kappa shape index (κ3) is 5.43. The Morgan fingerprint density at radius 2 is 1.86 bits per heavy atom. The van der Waals surface area contributed by atoms with Gasteiger partial charge < -0.3 is 20.1 Å². The molecular formula is C20H31ClN4O3. The second-order valence-corrected chi connectivity index (χ2v) is 8.79. The fourth-order valence-electron chi connectivity index (χ4n) is 3.76. The zero-order valence-electron chi connectivity index (χ0n) is 17.0. The lowest BCUT2D eigenvalue weighted by Crippen LogP contribution is -2.49. The molecule has 28 heavy (non-hydrogen) atoms. The van der Waals surface area contributed by atoms with Crippen LogP contribution in [-0.2, 0) is 9.47 Å². The summed E-state index contributed by atoms with van der Waals surface area (Å²) in [6, 6.07) is 4.13. The second kappa shape index (κ2) is 8.76. The van der Waals surface area contributed by atoms with E-state index in [1.807, 2.05) is 26.8 Å². The van der Waals surface area contributed by atoms with Crippen molar-refractivity contribution in [2.24, 2.45) is 0 Å². The Morgan fingerprint density at radius 1 is 1.21 bits per heavy atom. The van der Waals surface area contributed by atoms with Gasteiger partial charge in [0.25, 0.3) is 0 Å². The topological polar surface area (TPSA) is 80.1 Å². The summed E-state index contributed by atoms with van der Waals surface area (Å²) in [5.74, 6) is 0. The molecule has 0 bridgehead atoms. The first-order valence-corrected chi connectivity index (χ1v) is 10.3. The van der Waals surface area contributed by atoms with Crippen LogP contribution < -0.4 is 16.0 Å². The Labute approximate surface area is 172 Å². The highest BCUT2D eigenvalue weighted by molar-refractivity contribution is 6.33. The number of hydrogen-bond donors (Lipinski definition) is 2. The molecule has 1 aromatic carbocycles. The van der Waals surface area contributed by atoms with Gasteiger partial charge in [-0.15, -0.1) is 0 Å². The number of piperidine rings is 1. The lowest BCUT2D eigenvalue weighted by Gasteiger charge is -2.41. The van der Waals surface area contributed by atoms with Crippen LogP contribution in [0.4, 0.5) is 21.9 Å². The molecule has 1 aromatic rings. The molecular weight excluding hydrogens is 380 g/mol. The largest absolute Gasteiger partial charge is 0.444 e. The molecule has 2 fully saturated rings. The fraction of sp³-hybridized carbons (Fsp3) is 0.650. The van der Waals surface area contributed by atoms with E-state index in [-0.39, 0.29) is 0 Å². The highest BCUT2D eigenvalue weighted by Crippen LogP contribution is 2.35. The van der Waals surface area contributed by atoms with Crippen LogP contribution in [0.1, 0.15) is 33.6 Å². The van der Waals surface area contributed by atoms with Gasteiger partial charge in [-0.1, -0.05) is 11.6 Å². The van der Waals surface area contributed by atoms with Gasteiger partial charge in [0.05, 0.1) is 35.3 Å². The number of ether oxygens (including phenoxy) is 2. The summed E-state index contributed by atoms with van der Waals surface area (Å²) in [5, 5.41) is 3.33. The minimum absolute atomic E-state index is 0.419. The van der Waals surface area contributed by atoms with Crippen molar-refractivity contribution in [3.8, 4) is 0 Å². The number of carbonyl (C=O) groups excluding carboxylic acids is 1. The Bertz CT molecular complexity index is 693. The number of hydrogen-bond acceptors (Lipinski definition) is 6. The molecule has 2 aliphatic rings. The van der Waals surface area contributed by atoms with Crippen LogP contribution in [0.5, 0.6) is 0 Å². The molecule has 0 atom stereocenters. The second-order valence-electron chi connectivity index (χ2n) is 8.38. The number of morpholine rings is 1. The minimum atomic E-state index is -0.574. The summed E-state index contributed by atoms with van der Waals surface area (Å²) in [4.78, 5) is 16.9. The van der Waals surface area contributed by atoms with Crippen LogP contribution >= 0.6 is 11.6 Å². The van der Waals surface area contributed by atoms with Crippen LogP contribution in [0.15, 0.2) is 12.1 Å². The molecule has 2 aliphatic heterocycles. The van der Waals surface area contributed by atoms with Crippen LogP contribution in [0.2, 0.25) is 5.02 Å². The van der Waals surface area contributed by atoms with E-state index in [1.54, 1.807) is 6.07 Å². The first-order chi connectivity index (χ1) is 13.2. The van der Waals surface area contributed by atoms with Gasteiger partial charge in [0.15, 0.2) is 0 Å². The van der Waals surface area contributed by atoms with Crippen LogP contribution in [0.25, 0.3) is 0 Å². The molecule has 0 unspecified atom stereocenters. The number of nitrogens with two attached hydrogens (primary N) is 1. The van der Waals surface area contributed by atoms with Crippen molar-refractivity contribution in [3.05, 3.63) is 17.2 Å². The average Bonchev–Trinajstić information content (AvgIpc) is 2.63. The minimum Gasteiger partial charge on any atom is -0.444 e. The maximum absolute atomic E-state index is 12.1. The Balaban J connectivity index is 1.66. The van der Waals surface area contributed by atoms with Crippen molar-refractivity contribution < 1.29 is 14.3 Å². The number of amides is 1. The summed E-state index contributed by atoms with van der Waals surface area (Å²) >= 11 is 6.47. The predicted molar refractivity (Wildman–Crippen MR) is 113 cm³/mol. The van der Waals surface area contributed by atoms with Crippen LogP contribution in [0.3, 0.4) is 0 Å². The number of carbonyl (C=O) groups is 1. The van der Waals surface area contributed by atoms with Crippen molar-refractivity contribution in [2.45, 2.75) is 45.3 Å². The zero-order valence-corrected chi connectivity index (χ0v) is 17.7. The van der Waals surface area contributed by atoms with E-state index in [2.05, 4.69) is 15.1 Å². The molecule has 8 heteroatoms. The van der Waals surface area contributed by atoms with Gasteiger partial charge in [0.2, 0.25) is 0 Å². The summed E-state index contributed by atoms with van der Waals surface area (Å²) < 4.78 is 10.8. The van der Waals surface area contributed by atoms with Gasteiger partial charge in [-0.3, -0.25) is 10.2 Å². The fourth-order valence-corrected chi connectivity index (χ4v) is 4.05. The summed E-state index contributed by atoms with van der Waals surface area (Å²) in [7, 11) is 0. The predicted octanol–water partition coefficient (Wildman–Crippen LogP) is 3.57. The number of nitrogens with one attached hydrogen (secondary N) is 1. The highest BCUT2D eigenvalue weighted by Gasteiger charge is 2.27. The number of benzene rings is 1. The molecule has 1 amide bonds. The average molecular weight is 411 g/mol. The molecule has 0 aliphatic carbocycles. The lowest BCUT2D eigenvalue weighted by atomic mass is 10.0. The Kier molecular flexibility index (Phi) is 6.58. The first kappa shape index (κ1) is 21.0. The summed E-state index contributed by atoms with van der Waals surface area (Å²) in [6.07, 6.45) is 1.63. The van der Waals surface area contributed by atoms with Gasteiger partial charge in [0.1, 0.15) is 5.60 Å². The highest BCUT2D eigenvalue weighted by atomic mass is 35.5. The quantitative estimate of drug-likeness (QED) is 0.741. The normalized spacial score (nSPS) is 19.5. The summed E-state index contributed by atoms with van der Waals surface area (Å²) in [6.45, 7) is 11.0. The monoisotopic (exact) mass is 410 g/mol. The maximum Gasteiger partial charge on any atom is 0.412 e. The SMILES string of the molecule is CC(C)(C)OC(=O)Nc1cc(N2CCC(N3CCOCC3)CC2)c(Cl)cc1N. The van der Waals surface area contributed by atoms with Crippen LogP contribution in [0, 0.1) is 0 Å². The molecule has 156 valence electrons. The molecule has 7 nitrogen and oxygen atoms in total. The third-order valence-electron chi connectivity index (χ3n) is 5.12. The smallest absolute Gasteiger partial charge is 0.412 e. The molecule has 3 N–H and O–H groups in total. The van der Waals surface area contributed by atoms with Gasteiger partial charge >= 0.3 is 6.09 Å². The molecule has 2 heterocycles. The molecule has 2 saturated heterocycles. The van der Waals surface area contributed by atoms with Gasteiger partial charge in [-0.05, 0) is 45.7 Å². The van der Waals surface area contributed by atoms with Gasteiger partial charge in [-0.25, -0.2) is 4.79 Å². The molecule has 0 aromatic heterocycles. The molecule has 0 spiro atoms. The van der Waals surface area contributed by atoms with E-state index in [0.29, 0.717) is 22.4 Å². The van der Waals surface area contributed by atoms with Crippen molar-refractivity contribution in [2.75, 3.05) is 55.3 Å². The maximum atomic E-state index is 12.1. The van der Waals surface area contributed by atoms with Crippen molar-refractivity contribution in [1.82, 2.24) is 4.90 Å². The van der Waals surface area contributed by atoms with Crippen molar-refractivity contribution in [1.29, 1.82) is 0 Å². The van der Waals surface area contributed by atoms with Gasteiger partial charge in [-0.2, -0.15) is 0 Å². The van der Waals surface area contributed by atoms with E-state index < -0.39 is 11.7 Å². The standard InChI is InChI=1S/C20H31ClN4O3/c1-20(2,3)28-19(26)23-17-13-18(15(21)12-16(17)22)25-6-4-14(5-7-25)24-8-10-27-11-9-24/h12-14H,4-11,22H2,1-3H3,(H,23,26). The zero-order chi connectivity index (χ0) is 20.3. The van der Waals surface area contributed by atoms with E-state index in [9.17, 15) is 4.79 Å². The number of nitrogen functional groups attached to an aromatic ring is 1. The van der Waals surface area contributed by atoms with E-state index in [0.717, 1.165) is 57.9 Å². The number of halogens is 1. The van der Waals surface area contributed by atoms with E-state index >= 15 is 0 Å². The molecule has 0 saturated carbocycles. The third-order valence-corrected chi connectivity index (χ3v) is 5.42. The summed E-state index contributed by atoms with van der Waals surface area (Å²) in [5.41, 5.74) is 7.31. The van der Waals surface area contributed by atoms with Crippen LogP contribution in [-0.4, -0.2) is 62.0 Å². The molecule has 0 radical (unpaired) electrons. The number of nitrogens with zero attached hydrogens (tertiary/aromatic N) is 2. The first-order valence-electron chi connectivity index (χ1n) is 9.89. The van der Waals surface area contributed by atoms with Crippen molar-refractivity contribution in [3.63, 3.8) is 0 Å². The molecule has 3 rings (SSSR count). The lowest BCUT2D eigenvalue weighted by molar-refractivity contribution is 0.0115. The van der Waals surface area contributed by atoms with Crippen molar-refractivity contribution >= 4 is 34.8 Å². The van der Waals surface area contributed by atoms with Gasteiger partial charge in [0, 0.05) is 32.2 Å². The van der Waals surface area contributed by atoms with E-state index in [4.69, 9.17) is 26.8 Å². The Morgan fingerprint density at radius 3 is 2.46 bits per heavy atom.